The molecular weight excluding hydrogens is 601 g/mol. The van der Waals surface area contributed by atoms with E-state index in [-0.39, 0.29) is 21.7 Å². The minimum Gasteiger partial charge on any atom is -0.507 e. The lowest BCUT2D eigenvalue weighted by Crippen LogP contribution is -2.26. The maximum absolute atomic E-state index is 11.7. The minimum atomic E-state index is -0.115. The zero-order chi connectivity index (χ0) is 34.8. The number of phenolic OH excluding ortho intramolecular Hbond substituents is 2. The highest BCUT2D eigenvalue weighted by atomic mass is 32.2. The van der Waals surface area contributed by atoms with Gasteiger partial charge in [0.25, 0.3) is 0 Å². The van der Waals surface area contributed by atoms with Crippen molar-refractivity contribution in [3.63, 3.8) is 0 Å². The Morgan fingerprint density at radius 3 is 1.17 bits per heavy atom. The standard InChI is InChI=1S/C42H68O2S2/c1-27(2)41(11,12)33-23-31(39(5,6)7)21-29(37(33)43)25-45-35-19-17-15-16-18-20-36(35)46-26-30-22-32(40(8,9)10)24-34(38(30)44)42(13,14)28(3)4/h21-24,27-28,35-36,43-44H,15-20,25-26H2,1-14H3/t35-,36?/m0/s1. The van der Waals surface area contributed by atoms with Crippen molar-refractivity contribution in [2.24, 2.45) is 11.8 Å². The van der Waals surface area contributed by atoms with Crippen molar-refractivity contribution in [2.75, 3.05) is 0 Å². The Kier molecular flexibility index (Phi) is 12.9. The van der Waals surface area contributed by atoms with Crippen molar-refractivity contribution in [3.05, 3.63) is 57.6 Å². The number of rotatable bonds is 10. The average Bonchev–Trinajstić information content (AvgIpc) is 2.91. The summed E-state index contributed by atoms with van der Waals surface area (Å²) in [6.45, 7) is 31.8. The molecule has 2 aromatic rings. The number of thioether (sulfide) groups is 2. The fourth-order valence-electron chi connectivity index (χ4n) is 6.27. The van der Waals surface area contributed by atoms with Crippen molar-refractivity contribution in [1.82, 2.24) is 0 Å². The molecule has 2 N–H and O–H groups in total. The summed E-state index contributed by atoms with van der Waals surface area (Å²) in [5.74, 6) is 3.49. The van der Waals surface area contributed by atoms with Gasteiger partial charge in [0.2, 0.25) is 0 Å². The van der Waals surface area contributed by atoms with Gasteiger partial charge in [-0.3, -0.25) is 0 Å². The van der Waals surface area contributed by atoms with Gasteiger partial charge in [-0.05, 0) is 57.5 Å². The highest BCUT2D eigenvalue weighted by Gasteiger charge is 2.33. The van der Waals surface area contributed by atoms with Crippen molar-refractivity contribution < 1.29 is 10.2 Å². The molecule has 0 aliphatic heterocycles. The molecule has 0 heterocycles. The van der Waals surface area contributed by atoms with Crippen molar-refractivity contribution in [2.45, 2.75) is 179 Å². The maximum atomic E-state index is 11.7. The van der Waals surface area contributed by atoms with Crippen LogP contribution in [0.1, 0.15) is 169 Å². The van der Waals surface area contributed by atoms with E-state index in [1.54, 1.807) is 0 Å². The van der Waals surface area contributed by atoms with Crippen LogP contribution >= 0.6 is 23.5 Å². The van der Waals surface area contributed by atoms with E-state index in [0.717, 1.165) is 33.8 Å². The summed E-state index contributed by atoms with van der Waals surface area (Å²) in [6.07, 6.45) is 7.60. The molecule has 0 spiro atoms. The molecule has 260 valence electrons. The van der Waals surface area contributed by atoms with Crippen molar-refractivity contribution >= 4 is 23.5 Å². The molecule has 46 heavy (non-hydrogen) atoms. The Morgan fingerprint density at radius 2 is 0.891 bits per heavy atom. The van der Waals surface area contributed by atoms with Gasteiger partial charge in [0, 0.05) is 44.3 Å². The summed E-state index contributed by atoms with van der Waals surface area (Å²) in [4.78, 5) is 0. The summed E-state index contributed by atoms with van der Waals surface area (Å²) in [5.41, 5.74) is 6.76. The van der Waals surface area contributed by atoms with E-state index >= 15 is 0 Å². The normalized spacial score (nSPS) is 19.0. The zero-order valence-corrected chi connectivity index (χ0v) is 33.6. The maximum Gasteiger partial charge on any atom is 0.123 e. The van der Waals surface area contributed by atoms with E-state index in [4.69, 9.17) is 0 Å². The van der Waals surface area contributed by atoms with Crippen LogP contribution in [0, 0.1) is 11.8 Å². The molecule has 2 aromatic carbocycles. The second-order valence-electron chi connectivity index (χ2n) is 18.0. The predicted octanol–water partition coefficient (Wildman–Crippen LogP) is 12.8. The molecule has 1 aliphatic rings. The second-order valence-corrected chi connectivity index (χ2v) is 20.5. The van der Waals surface area contributed by atoms with Crippen LogP contribution in [0.2, 0.25) is 0 Å². The molecule has 3 rings (SSSR count). The molecular formula is C42H68O2S2. The average molecular weight is 669 g/mol. The van der Waals surface area contributed by atoms with Gasteiger partial charge >= 0.3 is 0 Å². The van der Waals surface area contributed by atoms with E-state index < -0.39 is 0 Å². The van der Waals surface area contributed by atoms with Crippen LogP contribution in [0.3, 0.4) is 0 Å². The van der Waals surface area contributed by atoms with Gasteiger partial charge in [0.1, 0.15) is 11.5 Å². The molecule has 0 bridgehead atoms. The first-order valence-corrected chi connectivity index (χ1v) is 20.1. The third-order valence-corrected chi connectivity index (χ3v) is 14.5. The van der Waals surface area contributed by atoms with Crippen molar-refractivity contribution in [3.8, 4) is 11.5 Å². The van der Waals surface area contributed by atoms with E-state index in [0.29, 0.717) is 33.8 Å². The molecule has 0 radical (unpaired) electrons. The van der Waals surface area contributed by atoms with Crippen LogP contribution in [-0.2, 0) is 33.2 Å². The first-order valence-electron chi connectivity index (χ1n) is 18.0. The minimum absolute atomic E-state index is 0.0140. The lowest BCUT2D eigenvalue weighted by molar-refractivity contribution is 0.349. The quantitative estimate of drug-likeness (QED) is 0.264. The Balaban J connectivity index is 1.95. The molecule has 1 fully saturated rings. The van der Waals surface area contributed by atoms with E-state index in [9.17, 15) is 10.2 Å². The fourth-order valence-corrected chi connectivity index (χ4v) is 9.34. The highest BCUT2D eigenvalue weighted by Crippen LogP contribution is 2.46. The van der Waals surface area contributed by atoms with Gasteiger partial charge in [0.15, 0.2) is 0 Å². The number of benzene rings is 2. The summed E-state index contributed by atoms with van der Waals surface area (Å²) in [7, 11) is 0. The van der Waals surface area contributed by atoms with Gasteiger partial charge in [-0.1, -0.05) is 147 Å². The SMILES string of the molecule is CC(C)C(C)(C)c1cc(C(C)(C)C)cc(CSC2CCCCCC[C@@H]2SCc2cc(C(C)(C)C)cc(C(C)(C)C(C)C)c2O)c1O. The molecule has 0 saturated heterocycles. The smallest absolute Gasteiger partial charge is 0.123 e. The van der Waals surface area contributed by atoms with Gasteiger partial charge < -0.3 is 10.2 Å². The molecule has 1 unspecified atom stereocenters. The highest BCUT2D eigenvalue weighted by molar-refractivity contribution is 8.03. The Hall–Kier alpha value is -1.26. The summed E-state index contributed by atoms with van der Waals surface area (Å²) < 4.78 is 0. The third kappa shape index (κ3) is 9.25. The summed E-state index contributed by atoms with van der Waals surface area (Å²) >= 11 is 4.11. The predicted molar refractivity (Wildman–Crippen MR) is 207 cm³/mol. The number of hydrogen-bond acceptors (Lipinski definition) is 4. The van der Waals surface area contributed by atoms with Gasteiger partial charge in [0.05, 0.1) is 0 Å². The summed E-state index contributed by atoms with van der Waals surface area (Å²) in [6, 6.07) is 9.10. The molecule has 2 atom stereocenters. The lowest BCUT2D eigenvalue weighted by atomic mass is 9.72. The molecule has 4 heteroatoms. The fraction of sp³-hybridized carbons (Fsp3) is 0.714. The molecule has 2 nitrogen and oxygen atoms in total. The van der Waals surface area contributed by atoms with E-state index in [1.165, 1.54) is 49.7 Å². The Bertz CT molecular complexity index is 1200. The largest absolute Gasteiger partial charge is 0.507 e. The number of hydrogen-bond donors (Lipinski definition) is 2. The zero-order valence-electron chi connectivity index (χ0n) is 32.0. The van der Waals surface area contributed by atoms with E-state index in [1.807, 2.05) is 0 Å². The van der Waals surface area contributed by atoms with Crippen LogP contribution < -0.4 is 0 Å². The summed E-state index contributed by atoms with van der Waals surface area (Å²) in [5, 5.41) is 24.5. The Labute approximate surface area is 292 Å². The first-order chi connectivity index (χ1) is 21.1. The molecule has 0 aromatic heterocycles. The monoisotopic (exact) mass is 668 g/mol. The van der Waals surface area contributed by atoms with Gasteiger partial charge in [-0.15, -0.1) is 0 Å². The van der Waals surface area contributed by atoms with Crippen LogP contribution in [0.4, 0.5) is 0 Å². The number of phenols is 2. The molecule has 0 amide bonds. The first kappa shape index (κ1) is 39.2. The lowest BCUT2D eigenvalue weighted by Gasteiger charge is -2.34. The Morgan fingerprint density at radius 1 is 0.565 bits per heavy atom. The van der Waals surface area contributed by atoms with Crippen molar-refractivity contribution in [1.29, 1.82) is 0 Å². The third-order valence-electron chi connectivity index (χ3n) is 11.4. The van der Waals surface area contributed by atoms with Crippen LogP contribution in [0.5, 0.6) is 11.5 Å². The molecule has 1 saturated carbocycles. The van der Waals surface area contributed by atoms with Crippen LogP contribution in [0.25, 0.3) is 0 Å². The number of aromatic hydroxyl groups is 2. The van der Waals surface area contributed by atoms with Crippen LogP contribution in [0.15, 0.2) is 24.3 Å². The van der Waals surface area contributed by atoms with Gasteiger partial charge in [-0.2, -0.15) is 23.5 Å². The second kappa shape index (κ2) is 15.1. The van der Waals surface area contributed by atoms with Crippen LogP contribution in [-0.4, -0.2) is 20.7 Å². The molecule has 1 aliphatic carbocycles. The van der Waals surface area contributed by atoms with Gasteiger partial charge in [-0.25, -0.2) is 0 Å². The van der Waals surface area contributed by atoms with E-state index in [2.05, 4.69) is 145 Å². The topological polar surface area (TPSA) is 40.5 Å².